The fourth-order valence-corrected chi connectivity index (χ4v) is 4.57. The van der Waals surface area contributed by atoms with Crippen molar-refractivity contribution < 1.29 is 27.9 Å². The molecule has 29 heavy (non-hydrogen) atoms. The molecule has 2 heterocycles. The number of carbonyl (C=O) groups excluding carboxylic acids is 1. The van der Waals surface area contributed by atoms with Gasteiger partial charge in [-0.25, -0.2) is 18.2 Å². The van der Waals surface area contributed by atoms with E-state index in [0.29, 0.717) is 31.1 Å². The van der Waals surface area contributed by atoms with Gasteiger partial charge in [0.05, 0.1) is 17.0 Å². The van der Waals surface area contributed by atoms with Crippen molar-refractivity contribution in [2.75, 3.05) is 24.8 Å². The molecule has 1 atom stereocenters. The van der Waals surface area contributed by atoms with Gasteiger partial charge in [0, 0.05) is 19.5 Å². The summed E-state index contributed by atoms with van der Waals surface area (Å²) in [4.78, 5) is 28.2. The number of rotatable bonds is 7. The average molecular weight is 439 g/mol. The molecular weight excluding hydrogens is 416 g/mol. The van der Waals surface area contributed by atoms with Crippen molar-refractivity contribution in [2.24, 2.45) is 5.92 Å². The summed E-state index contributed by atoms with van der Waals surface area (Å²) in [5, 5.41) is 11.9. The number of aromatic nitrogens is 1. The van der Waals surface area contributed by atoms with Crippen molar-refractivity contribution in [3.63, 3.8) is 0 Å². The molecule has 1 aliphatic heterocycles. The summed E-state index contributed by atoms with van der Waals surface area (Å²) in [5.41, 5.74) is 0.705. The fraction of sp³-hybridized carbons (Fsp3) is 0.421. The van der Waals surface area contributed by atoms with E-state index in [-0.39, 0.29) is 20.8 Å². The molecule has 3 rings (SSSR count). The molecular formula is C19H22N2O6S2. The molecule has 1 saturated heterocycles. The number of carboxylic acids is 1. The maximum atomic E-state index is 13.0. The Labute approximate surface area is 172 Å². The van der Waals surface area contributed by atoms with E-state index in [4.69, 9.17) is 9.84 Å². The maximum absolute atomic E-state index is 13.0. The van der Waals surface area contributed by atoms with Crippen molar-refractivity contribution in [3.8, 4) is 0 Å². The number of thiazole rings is 1. The first-order valence-corrected chi connectivity index (χ1v) is 11.8. The summed E-state index contributed by atoms with van der Waals surface area (Å²) in [6.45, 7) is 1.31. The Hall–Kier alpha value is -2.30. The van der Waals surface area contributed by atoms with Gasteiger partial charge in [0.25, 0.3) is 0 Å². The Balaban J connectivity index is 1.82. The second-order valence-corrected chi connectivity index (χ2v) is 10.1. The van der Waals surface area contributed by atoms with E-state index in [1.54, 1.807) is 12.1 Å². The number of amides is 1. The second kappa shape index (κ2) is 9.02. The monoisotopic (exact) mass is 438 g/mol. The molecule has 10 heteroatoms. The Morgan fingerprint density at radius 1 is 1.28 bits per heavy atom. The zero-order chi connectivity index (χ0) is 21.0. The summed E-state index contributed by atoms with van der Waals surface area (Å²) < 4.78 is 28.8. The highest BCUT2D eigenvalue weighted by molar-refractivity contribution is 7.90. The van der Waals surface area contributed by atoms with Crippen LogP contribution in [0, 0.1) is 5.92 Å². The van der Waals surface area contributed by atoms with Gasteiger partial charge in [0.2, 0.25) is 5.91 Å². The lowest BCUT2D eigenvalue weighted by atomic mass is 9.84. The van der Waals surface area contributed by atoms with Crippen LogP contribution in [0.3, 0.4) is 0 Å². The lowest BCUT2D eigenvalue weighted by Gasteiger charge is -2.26. The highest BCUT2D eigenvalue weighted by Crippen LogP contribution is 2.31. The number of nitrogens with one attached hydrogen (secondary N) is 1. The van der Waals surface area contributed by atoms with E-state index in [2.05, 4.69) is 10.3 Å². The first-order valence-electron chi connectivity index (χ1n) is 9.12. The van der Waals surface area contributed by atoms with Crippen LogP contribution in [-0.4, -0.2) is 49.9 Å². The molecule has 156 valence electrons. The smallest absolute Gasteiger partial charge is 0.347 e. The quantitative estimate of drug-likeness (QED) is 0.681. The normalized spacial score (nSPS) is 16.3. The van der Waals surface area contributed by atoms with E-state index < -0.39 is 21.7 Å². The molecule has 2 aromatic rings. The van der Waals surface area contributed by atoms with Crippen LogP contribution in [0.4, 0.5) is 5.13 Å². The van der Waals surface area contributed by atoms with Gasteiger partial charge in [-0.3, -0.25) is 4.79 Å². The zero-order valence-corrected chi connectivity index (χ0v) is 17.5. The lowest BCUT2D eigenvalue weighted by Crippen LogP contribution is -2.26. The summed E-state index contributed by atoms with van der Waals surface area (Å²) in [6, 6.07) is 6.32. The van der Waals surface area contributed by atoms with Crippen molar-refractivity contribution in [3.05, 3.63) is 40.9 Å². The molecule has 2 N–H and O–H groups in total. The van der Waals surface area contributed by atoms with Crippen molar-refractivity contribution >= 4 is 38.2 Å². The standard InChI is InChI=1S/C19H22N2O6S2/c1-29(25,26)14-4-2-13(3-5-14)15(10-12-6-8-27-9-7-12)17(22)21-19-20-11-16(28-19)18(23)24/h2-5,11-12,15H,6-10H2,1H3,(H,23,24)(H,20,21,22). The van der Waals surface area contributed by atoms with Crippen LogP contribution >= 0.6 is 11.3 Å². The Morgan fingerprint density at radius 2 is 1.93 bits per heavy atom. The molecule has 0 spiro atoms. The van der Waals surface area contributed by atoms with Crippen LogP contribution in [-0.2, 0) is 19.4 Å². The van der Waals surface area contributed by atoms with Gasteiger partial charge in [0.15, 0.2) is 15.0 Å². The molecule has 1 aromatic heterocycles. The number of aromatic carboxylic acids is 1. The molecule has 1 aliphatic rings. The van der Waals surface area contributed by atoms with Crippen LogP contribution in [0.5, 0.6) is 0 Å². The highest BCUT2D eigenvalue weighted by Gasteiger charge is 2.27. The van der Waals surface area contributed by atoms with Crippen LogP contribution in [0.25, 0.3) is 0 Å². The van der Waals surface area contributed by atoms with Crippen LogP contribution in [0.1, 0.15) is 40.4 Å². The highest BCUT2D eigenvalue weighted by atomic mass is 32.2. The van der Waals surface area contributed by atoms with E-state index in [0.717, 1.165) is 30.4 Å². The molecule has 1 fully saturated rings. The summed E-state index contributed by atoms with van der Waals surface area (Å²) in [7, 11) is -3.33. The Morgan fingerprint density at radius 3 is 2.48 bits per heavy atom. The van der Waals surface area contributed by atoms with Crippen molar-refractivity contribution in [1.29, 1.82) is 0 Å². The number of ether oxygens (including phenoxy) is 1. The number of nitrogens with zero attached hydrogens (tertiary/aromatic N) is 1. The second-order valence-electron chi connectivity index (χ2n) is 7.01. The van der Waals surface area contributed by atoms with Crippen LogP contribution in [0.2, 0.25) is 0 Å². The van der Waals surface area contributed by atoms with Crippen LogP contribution < -0.4 is 5.32 Å². The predicted octanol–water partition coefficient (Wildman–Crippen LogP) is 2.78. The average Bonchev–Trinajstić information content (AvgIpc) is 3.15. The minimum Gasteiger partial charge on any atom is -0.477 e. The topological polar surface area (TPSA) is 123 Å². The number of hydrogen-bond donors (Lipinski definition) is 2. The van der Waals surface area contributed by atoms with E-state index in [1.807, 2.05) is 0 Å². The van der Waals surface area contributed by atoms with E-state index >= 15 is 0 Å². The number of benzene rings is 1. The van der Waals surface area contributed by atoms with Gasteiger partial charge in [-0.15, -0.1) is 0 Å². The number of carbonyl (C=O) groups is 2. The van der Waals surface area contributed by atoms with E-state index in [1.165, 1.54) is 18.3 Å². The molecule has 0 saturated carbocycles. The minimum atomic E-state index is -3.33. The zero-order valence-electron chi connectivity index (χ0n) is 15.8. The third-order valence-electron chi connectivity index (χ3n) is 4.88. The van der Waals surface area contributed by atoms with Gasteiger partial charge < -0.3 is 15.2 Å². The lowest BCUT2D eigenvalue weighted by molar-refractivity contribution is -0.118. The number of anilines is 1. The van der Waals surface area contributed by atoms with Gasteiger partial charge in [-0.05, 0) is 42.9 Å². The van der Waals surface area contributed by atoms with Crippen molar-refractivity contribution in [1.82, 2.24) is 4.98 Å². The van der Waals surface area contributed by atoms with E-state index in [9.17, 15) is 18.0 Å². The third kappa shape index (κ3) is 5.62. The summed E-state index contributed by atoms with van der Waals surface area (Å²) in [5.74, 6) is -1.60. The maximum Gasteiger partial charge on any atom is 0.347 e. The number of hydrogen-bond acceptors (Lipinski definition) is 7. The first-order chi connectivity index (χ1) is 13.7. The Bertz CT molecular complexity index is 978. The molecule has 8 nitrogen and oxygen atoms in total. The molecule has 1 amide bonds. The summed E-state index contributed by atoms with van der Waals surface area (Å²) in [6.07, 6.45) is 4.63. The SMILES string of the molecule is CS(=O)(=O)c1ccc(C(CC2CCOCC2)C(=O)Nc2ncc(C(=O)O)s2)cc1. The third-order valence-corrected chi connectivity index (χ3v) is 6.91. The van der Waals surface area contributed by atoms with Crippen molar-refractivity contribution in [2.45, 2.75) is 30.1 Å². The Kier molecular flexibility index (Phi) is 6.66. The van der Waals surface area contributed by atoms with Gasteiger partial charge in [-0.1, -0.05) is 23.5 Å². The molecule has 1 aromatic carbocycles. The molecule has 0 aliphatic carbocycles. The van der Waals surface area contributed by atoms with Gasteiger partial charge in [-0.2, -0.15) is 0 Å². The van der Waals surface area contributed by atoms with Gasteiger partial charge >= 0.3 is 5.97 Å². The molecule has 0 bridgehead atoms. The largest absolute Gasteiger partial charge is 0.477 e. The van der Waals surface area contributed by atoms with Gasteiger partial charge in [0.1, 0.15) is 4.88 Å². The van der Waals surface area contributed by atoms with Crippen LogP contribution in [0.15, 0.2) is 35.4 Å². The molecule has 0 radical (unpaired) electrons. The fourth-order valence-electron chi connectivity index (χ4n) is 3.28. The predicted molar refractivity (Wildman–Crippen MR) is 108 cm³/mol. The first kappa shape index (κ1) is 21.4. The number of carboxylic acid groups (broad SMARTS) is 1. The summed E-state index contributed by atoms with van der Waals surface area (Å²) >= 11 is 0.892. The number of sulfone groups is 1. The molecule has 1 unspecified atom stereocenters. The minimum absolute atomic E-state index is 0.0405.